The largest absolute Gasteiger partial charge is 0.481 e. The fourth-order valence-electron chi connectivity index (χ4n) is 5.01. The van der Waals surface area contributed by atoms with E-state index in [9.17, 15) is 62.7 Å². The van der Waals surface area contributed by atoms with Crippen molar-refractivity contribution >= 4 is 75.1 Å². The lowest BCUT2D eigenvalue weighted by Crippen LogP contribution is -2.46. The molecule has 3 rings (SSSR count). The van der Waals surface area contributed by atoms with Gasteiger partial charge in [0.05, 0.1) is 19.5 Å². The molecule has 61 heavy (non-hydrogen) atoms. The number of amides is 2. The number of hydrogen-bond acceptors (Lipinski definition) is 19. The number of nitrogens with two attached hydrogens (primary N) is 1. The number of aliphatic carboxylic acids is 1. The topological polar surface area (TPSA) is 401 Å². The molecule has 340 valence electrons. The van der Waals surface area contributed by atoms with Gasteiger partial charge in [-0.25, -0.2) is 33.4 Å². The van der Waals surface area contributed by atoms with Gasteiger partial charge in [-0.2, -0.15) is 4.31 Å². The number of aromatic nitrogens is 4. The molecule has 0 saturated carbocycles. The maximum absolute atomic E-state index is 12.7. The minimum absolute atomic E-state index is 0.0210. The van der Waals surface area contributed by atoms with Gasteiger partial charge in [-0.05, 0) is 18.9 Å². The number of aliphatic hydroxyl groups excluding tert-OH is 2. The van der Waals surface area contributed by atoms with Crippen molar-refractivity contribution < 1.29 is 90.4 Å². The van der Waals surface area contributed by atoms with E-state index < -0.39 is 90.5 Å². The number of hydrogen-bond donors (Lipinski definition) is 10. The van der Waals surface area contributed by atoms with Crippen LogP contribution in [0.15, 0.2) is 49.1 Å². The van der Waals surface area contributed by atoms with E-state index in [1.54, 1.807) is 18.2 Å². The number of nitrogens with zero attached hydrogens (tertiary/aromatic N) is 4. The first-order valence-electron chi connectivity index (χ1n) is 17.7. The van der Waals surface area contributed by atoms with E-state index in [0.29, 0.717) is 12.8 Å². The van der Waals surface area contributed by atoms with Gasteiger partial charge < -0.3 is 56.0 Å². The third-order valence-corrected chi connectivity index (χ3v) is 11.9. The second-order valence-corrected chi connectivity index (χ2v) is 18.7. The van der Waals surface area contributed by atoms with Crippen LogP contribution in [-0.4, -0.2) is 134 Å². The van der Waals surface area contributed by atoms with Crippen LogP contribution in [0.2, 0.25) is 0 Å². The SMILES string of the molecule is CC(C)(COP(=O)(O)OP(=O)(O)OCC1OC(n2cnc3c(N)ncnc32)C(O)C1OP(=O)(O)O)C(O)C(=O)NCCC(=O)NCCSC(=O)/C=C/C/C=C/C/C=C/C(=O)O. The quantitative estimate of drug-likeness (QED) is 0.0275. The van der Waals surface area contributed by atoms with Crippen LogP contribution in [0.3, 0.4) is 0 Å². The maximum Gasteiger partial charge on any atom is 0.481 e. The zero-order valence-electron chi connectivity index (χ0n) is 32.3. The number of phosphoric acid groups is 3. The van der Waals surface area contributed by atoms with Crippen molar-refractivity contribution in [2.45, 2.75) is 63.8 Å². The summed E-state index contributed by atoms with van der Waals surface area (Å²) in [4.78, 5) is 98.0. The number of aliphatic hydroxyl groups is 2. The Bertz CT molecular complexity index is 2100. The maximum atomic E-state index is 12.7. The summed E-state index contributed by atoms with van der Waals surface area (Å²) in [5.74, 6) is -2.32. The average molecular weight is 946 g/mol. The van der Waals surface area contributed by atoms with Gasteiger partial charge in [0, 0.05) is 36.8 Å². The van der Waals surface area contributed by atoms with E-state index in [1.165, 1.54) is 26.0 Å². The van der Waals surface area contributed by atoms with Crippen LogP contribution in [-0.2, 0) is 55.5 Å². The van der Waals surface area contributed by atoms with Crippen molar-refractivity contribution in [1.82, 2.24) is 30.2 Å². The Kier molecular flexibility index (Phi) is 19.5. The van der Waals surface area contributed by atoms with Crippen LogP contribution in [0.5, 0.6) is 0 Å². The molecule has 30 heteroatoms. The van der Waals surface area contributed by atoms with Gasteiger partial charge in [-0.1, -0.05) is 49.9 Å². The highest BCUT2D eigenvalue weighted by Crippen LogP contribution is 2.61. The van der Waals surface area contributed by atoms with E-state index in [1.807, 2.05) is 0 Å². The lowest BCUT2D eigenvalue weighted by atomic mass is 9.87. The van der Waals surface area contributed by atoms with Gasteiger partial charge >= 0.3 is 29.4 Å². The highest BCUT2D eigenvalue weighted by Gasteiger charge is 2.50. The standard InChI is InChI=1S/C31H46N7O19P3S/c1-31(2,26(44)29(45)34-12-11-20(39)33-13-14-61-22(42)10-8-6-4-3-5-7-9-21(40)41)16-54-60(51,52)57-59(49,50)53-15-19-25(56-58(46,47)48)24(43)30(55-19)38-18-37-23-27(32)35-17-36-28(23)38/h3-4,7-10,17-19,24-26,30,43-44H,5-6,11-16H2,1-2H3,(H,33,39)(H,34,45)(H,40,41)(H,49,50)(H,51,52)(H2,32,35,36)(H2,46,47,48)/b4-3+,9-7+,10-8+. The molecule has 3 heterocycles. The Morgan fingerprint density at radius 2 is 1.64 bits per heavy atom. The molecule has 1 fully saturated rings. The molecule has 26 nitrogen and oxygen atoms in total. The monoisotopic (exact) mass is 945 g/mol. The normalized spacial score (nSPS) is 21.2. The Hall–Kier alpha value is -3.75. The number of anilines is 1. The predicted molar refractivity (Wildman–Crippen MR) is 211 cm³/mol. The van der Waals surface area contributed by atoms with Crippen LogP contribution in [0.1, 0.15) is 39.3 Å². The van der Waals surface area contributed by atoms with Crippen molar-refractivity contribution in [3.63, 3.8) is 0 Å². The molecule has 7 atom stereocenters. The lowest BCUT2D eigenvalue weighted by molar-refractivity contribution is -0.137. The molecule has 2 aromatic heterocycles. The first-order valence-corrected chi connectivity index (χ1v) is 23.2. The predicted octanol–water partition coefficient (Wildman–Crippen LogP) is 0.198. The van der Waals surface area contributed by atoms with Crippen LogP contribution in [0, 0.1) is 5.41 Å². The van der Waals surface area contributed by atoms with Gasteiger partial charge in [0.15, 0.2) is 17.7 Å². The van der Waals surface area contributed by atoms with E-state index in [-0.39, 0.29) is 47.4 Å². The molecular weight excluding hydrogens is 899 g/mol. The average Bonchev–Trinajstić information content (AvgIpc) is 3.72. The number of phosphoric ester groups is 3. The summed E-state index contributed by atoms with van der Waals surface area (Å²) < 4.78 is 62.1. The third-order valence-electron chi connectivity index (χ3n) is 7.97. The number of imidazole rings is 1. The summed E-state index contributed by atoms with van der Waals surface area (Å²) in [6.07, 6.45) is 2.85. The summed E-state index contributed by atoms with van der Waals surface area (Å²) in [7, 11) is -16.4. The second kappa shape index (κ2) is 23.1. The Morgan fingerprint density at radius 1 is 0.984 bits per heavy atom. The first kappa shape index (κ1) is 51.6. The summed E-state index contributed by atoms with van der Waals surface area (Å²) >= 11 is 0.958. The molecule has 11 N–H and O–H groups in total. The highest BCUT2D eigenvalue weighted by molar-refractivity contribution is 8.14. The zero-order valence-corrected chi connectivity index (χ0v) is 35.8. The summed E-state index contributed by atoms with van der Waals surface area (Å²) in [5.41, 5.74) is 4.22. The fourth-order valence-corrected chi connectivity index (χ4v) is 8.44. The number of thioether (sulfide) groups is 1. The van der Waals surface area contributed by atoms with Crippen molar-refractivity contribution in [2.75, 3.05) is 37.8 Å². The van der Waals surface area contributed by atoms with Crippen molar-refractivity contribution in [2.24, 2.45) is 5.41 Å². The molecule has 0 spiro atoms. The number of carbonyl (C=O) groups excluding carboxylic acids is 3. The first-order chi connectivity index (χ1) is 28.4. The van der Waals surface area contributed by atoms with Crippen molar-refractivity contribution in [3.05, 3.63) is 49.1 Å². The van der Waals surface area contributed by atoms with Crippen LogP contribution < -0.4 is 16.4 Å². The van der Waals surface area contributed by atoms with Crippen LogP contribution in [0.25, 0.3) is 11.2 Å². The minimum Gasteiger partial charge on any atom is -0.478 e. The highest BCUT2D eigenvalue weighted by atomic mass is 32.2. The van der Waals surface area contributed by atoms with E-state index in [4.69, 9.17) is 24.6 Å². The van der Waals surface area contributed by atoms with Crippen LogP contribution in [0.4, 0.5) is 5.82 Å². The summed E-state index contributed by atoms with van der Waals surface area (Å²) in [6, 6.07) is 0. The fraction of sp³-hybridized carbons (Fsp3) is 0.516. The molecular formula is C31H46N7O19P3S. The van der Waals surface area contributed by atoms with Gasteiger partial charge in [-0.3, -0.25) is 32.5 Å². The minimum atomic E-state index is -5.59. The third kappa shape index (κ3) is 17.5. The van der Waals surface area contributed by atoms with Gasteiger partial charge in [-0.15, -0.1) is 0 Å². The number of fused-ring (bicyclic) bond motifs is 1. The Morgan fingerprint density at radius 3 is 2.30 bits per heavy atom. The molecule has 0 aromatic carbocycles. The molecule has 0 bridgehead atoms. The summed E-state index contributed by atoms with van der Waals surface area (Å²) in [6.45, 7) is 0.314. The number of rotatable bonds is 25. The number of carbonyl (C=O) groups is 4. The number of allylic oxidation sites excluding steroid dienone is 4. The van der Waals surface area contributed by atoms with Gasteiger partial charge in [0.25, 0.3) is 0 Å². The molecule has 7 unspecified atom stereocenters. The smallest absolute Gasteiger partial charge is 0.478 e. The van der Waals surface area contributed by atoms with Gasteiger partial charge in [0.2, 0.25) is 16.9 Å². The number of carboxylic acid groups (broad SMARTS) is 1. The second-order valence-electron chi connectivity index (χ2n) is 13.3. The van der Waals surface area contributed by atoms with Crippen molar-refractivity contribution in [1.29, 1.82) is 0 Å². The van der Waals surface area contributed by atoms with Crippen LogP contribution >= 0.6 is 35.2 Å². The number of ether oxygens (including phenoxy) is 1. The molecule has 2 aromatic rings. The Balaban J connectivity index is 1.42. The molecule has 0 aliphatic carbocycles. The van der Waals surface area contributed by atoms with E-state index >= 15 is 0 Å². The Labute approximate surface area is 351 Å². The molecule has 1 aliphatic heterocycles. The van der Waals surface area contributed by atoms with E-state index in [2.05, 4.69) is 34.4 Å². The zero-order chi connectivity index (χ0) is 45.6. The van der Waals surface area contributed by atoms with Gasteiger partial charge in [0.1, 0.15) is 36.3 Å². The summed E-state index contributed by atoms with van der Waals surface area (Å²) in [5, 5.41) is 34.6. The number of carboxylic acids is 1. The van der Waals surface area contributed by atoms with E-state index in [0.717, 1.165) is 35.1 Å². The number of nitrogen functional groups attached to an aromatic ring is 1. The lowest BCUT2D eigenvalue weighted by Gasteiger charge is -2.30. The number of nitrogens with one attached hydrogen (secondary N) is 2. The molecule has 1 saturated heterocycles. The van der Waals surface area contributed by atoms with Crippen molar-refractivity contribution in [3.8, 4) is 0 Å². The molecule has 2 amide bonds. The molecule has 0 radical (unpaired) electrons. The molecule has 1 aliphatic rings.